The van der Waals surface area contributed by atoms with E-state index in [4.69, 9.17) is 5.73 Å². The first-order valence-corrected chi connectivity index (χ1v) is 6.38. The summed E-state index contributed by atoms with van der Waals surface area (Å²) in [5.74, 6) is -0.339. The molecule has 2 rings (SSSR count). The quantitative estimate of drug-likeness (QED) is 0.830. The van der Waals surface area contributed by atoms with Crippen LogP contribution in [0.4, 0.5) is 0 Å². The Morgan fingerprint density at radius 1 is 1.37 bits per heavy atom. The second-order valence-electron chi connectivity index (χ2n) is 4.52. The van der Waals surface area contributed by atoms with Gasteiger partial charge in [-0.3, -0.25) is 4.79 Å². The highest BCUT2D eigenvalue weighted by Gasteiger charge is 2.25. The van der Waals surface area contributed by atoms with Gasteiger partial charge in [0.2, 0.25) is 0 Å². The van der Waals surface area contributed by atoms with Gasteiger partial charge in [0.15, 0.2) is 5.78 Å². The van der Waals surface area contributed by atoms with E-state index in [1.807, 2.05) is 44.2 Å². The number of nitrogens with two attached hydrogens (primary N) is 1. The molecular weight excluding hydrogens is 240 g/mol. The summed E-state index contributed by atoms with van der Waals surface area (Å²) in [4.78, 5) is 12.4. The number of carbonyl (C=O) groups is 1. The lowest BCUT2D eigenvalue weighted by Gasteiger charge is -2.19. The normalized spacial score (nSPS) is 14.1. The van der Waals surface area contributed by atoms with Crippen LogP contribution in [0.15, 0.2) is 36.5 Å². The Balaban J connectivity index is 2.20. The zero-order valence-corrected chi connectivity index (χ0v) is 11.2. The standard InChI is InChI=1S/C14H18N4O/c1-3-18-12(9-16-17-18)14(19)10(2)13(15)11-7-5-4-6-8-11/h4-10,13H,3,15H2,1-2H3. The maximum Gasteiger partial charge on any atom is 0.187 e. The van der Waals surface area contributed by atoms with E-state index in [9.17, 15) is 4.79 Å². The van der Waals surface area contributed by atoms with Gasteiger partial charge in [-0.25, -0.2) is 4.68 Å². The van der Waals surface area contributed by atoms with E-state index < -0.39 is 0 Å². The molecule has 2 atom stereocenters. The maximum absolute atomic E-state index is 12.4. The average molecular weight is 258 g/mol. The van der Waals surface area contributed by atoms with Crippen LogP contribution in [0.1, 0.15) is 35.9 Å². The lowest BCUT2D eigenvalue weighted by atomic mass is 9.90. The van der Waals surface area contributed by atoms with Crippen molar-refractivity contribution in [3.05, 3.63) is 47.8 Å². The third kappa shape index (κ3) is 2.71. The number of hydrogen-bond donors (Lipinski definition) is 1. The highest BCUT2D eigenvalue weighted by atomic mass is 16.1. The van der Waals surface area contributed by atoms with Gasteiger partial charge < -0.3 is 5.73 Å². The number of Topliss-reactive ketones (excluding diaryl/α,β-unsaturated/α-hetero) is 1. The summed E-state index contributed by atoms with van der Waals surface area (Å²) < 4.78 is 1.59. The fourth-order valence-corrected chi connectivity index (χ4v) is 2.04. The van der Waals surface area contributed by atoms with Crippen LogP contribution in [0, 0.1) is 5.92 Å². The molecule has 5 heteroatoms. The molecule has 2 aromatic rings. The second-order valence-corrected chi connectivity index (χ2v) is 4.52. The topological polar surface area (TPSA) is 73.8 Å². The smallest absolute Gasteiger partial charge is 0.187 e. The molecule has 5 nitrogen and oxygen atoms in total. The number of nitrogens with zero attached hydrogens (tertiary/aromatic N) is 3. The van der Waals surface area contributed by atoms with Crippen LogP contribution in [0.5, 0.6) is 0 Å². The Labute approximate surface area is 112 Å². The van der Waals surface area contributed by atoms with Crippen molar-refractivity contribution in [1.29, 1.82) is 0 Å². The molecule has 0 bridgehead atoms. The first-order valence-electron chi connectivity index (χ1n) is 6.38. The van der Waals surface area contributed by atoms with Crippen molar-refractivity contribution in [2.45, 2.75) is 26.4 Å². The number of rotatable bonds is 5. The predicted molar refractivity (Wildman–Crippen MR) is 72.6 cm³/mol. The Hall–Kier alpha value is -2.01. The van der Waals surface area contributed by atoms with Crippen LogP contribution in [-0.2, 0) is 6.54 Å². The number of aryl methyl sites for hydroxylation is 1. The lowest BCUT2D eigenvalue weighted by molar-refractivity contribution is 0.0901. The monoisotopic (exact) mass is 258 g/mol. The second kappa shape index (κ2) is 5.75. The molecule has 0 aliphatic carbocycles. The van der Waals surface area contributed by atoms with E-state index in [2.05, 4.69) is 10.3 Å². The fourth-order valence-electron chi connectivity index (χ4n) is 2.04. The number of carbonyl (C=O) groups excluding carboxylic acids is 1. The third-order valence-electron chi connectivity index (χ3n) is 3.31. The summed E-state index contributed by atoms with van der Waals surface area (Å²) >= 11 is 0. The summed E-state index contributed by atoms with van der Waals surface area (Å²) in [7, 11) is 0. The highest BCUT2D eigenvalue weighted by molar-refractivity contribution is 5.96. The minimum Gasteiger partial charge on any atom is -0.323 e. The van der Waals surface area contributed by atoms with Crippen molar-refractivity contribution in [3.63, 3.8) is 0 Å². The number of benzene rings is 1. The van der Waals surface area contributed by atoms with Crippen molar-refractivity contribution in [2.75, 3.05) is 0 Å². The molecule has 0 radical (unpaired) electrons. The molecule has 0 amide bonds. The number of aromatic nitrogens is 3. The van der Waals surface area contributed by atoms with Gasteiger partial charge in [0.25, 0.3) is 0 Å². The zero-order chi connectivity index (χ0) is 13.8. The molecule has 0 aliphatic rings. The first kappa shape index (κ1) is 13.4. The fraction of sp³-hybridized carbons (Fsp3) is 0.357. The molecule has 100 valence electrons. The van der Waals surface area contributed by atoms with Gasteiger partial charge >= 0.3 is 0 Å². The predicted octanol–water partition coefficient (Wildman–Crippen LogP) is 1.82. The molecule has 0 spiro atoms. The van der Waals surface area contributed by atoms with E-state index in [0.717, 1.165) is 5.56 Å². The lowest BCUT2D eigenvalue weighted by Crippen LogP contribution is -2.27. The molecule has 0 aliphatic heterocycles. The molecule has 0 fully saturated rings. The Kier molecular flexibility index (Phi) is 4.06. The van der Waals surface area contributed by atoms with E-state index in [-0.39, 0.29) is 17.7 Å². The molecular formula is C14H18N4O. The molecule has 1 aromatic heterocycles. The van der Waals surface area contributed by atoms with Crippen molar-refractivity contribution >= 4 is 5.78 Å². The van der Waals surface area contributed by atoms with Crippen molar-refractivity contribution in [3.8, 4) is 0 Å². The number of ketones is 1. The summed E-state index contributed by atoms with van der Waals surface area (Å²) in [6.45, 7) is 4.38. The summed E-state index contributed by atoms with van der Waals surface area (Å²) in [5.41, 5.74) is 7.64. The van der Waals surface area contributed by atoms with E-state index in [1.54, 1.807) is 4.68 Å². The molecule has 1 aromatic carbocycles. The van der Waals surface area contributed by atoms with Crippen molar-refractivity contribution in [1.82, 2.24) is 15.0 Å². The minimum atomic E-state index is -0.325. The van der Waals surface area contributed by atoms with Crippen molar-refractivity contribution < 1.29 is 4.79 Å². The maximum atomic E-state index is 12.4. The van der Waals surface area contributed by atoms with Crippen LogP contribution >= 0.6 is 0 Å². The van der Waals surface area contributed by atoms with Crippen molar-refractivity contribution in [2.24, 2.45) is 11.7 Å². The van der Waals surface area contributed by atoms with Crippen LogP contribution in [0.2, 0.25) is 0 Å². The van der Waals surface area contributed by atoms with Gasteiger partial charge in [0.1, 0.15) is 5.69 Å². The Bertz CT molecular complexity index is 550. The first-order chi connectivity index (χ1) is 9.15. The van der Waals surface area contributed by atoms with E-state index >= 15 is 0 Å². The van der Waals surface area contributed by atoms with Crippen LogP contribution < -0.4 is 5.73 Å². The van der Waals surface area contributed by atoms with Gasteiger partial charge in [-0.15, -0.1) is 5.10 Å². The molecule has 0 saturated heterocycles. The molecule has 1 heterocycles. The van der Waals surface area contributed by atoms with E-state index in [1.165, 1.54) is 6.20 Å². The summed E-state index contributed by atoms with van der Waals surface area (Å²) in [6, 6.07) is 9.31. The van der Waals surface area contributed by atoms with Crippen LogP contribution in [0.25, 0.3) is 0 Å². The van der Waals surface area contributed by atoms with Gasteiger partial charge in [-0.2, -0.15) is 0 Å². The van der Waals surface area contributed by atoms with Gasteiger partial charge in [-0.05, 0) is 12.5 Å². The van der Waals surface area contributed by atoms with E-state index in [0.29, 0.717) is 12.2 Å². The summed E-state index contributed by atoms with van der Waals surface area (Å²) in [5, 5.41) is 7.66. The number of hydrogen-bond acceptors (Lipinski definition) is 4. The molecule has 19 heavy (non-hydrogen) atoms. The third-order valence-corrected chi connectivity index (χ3v) is 3.31. The average Bonchev–Trinajstić information content (AvgIpc) is 2.94. The Morgan fingerprint density at radius 3 is 2.68 bits per heavy atom. The Morgan fingerprint density at radius 2 is 2.05 bits per heavy atom. The van der Waals surface area contributed by atoms with Crippen LogP contribution in [0.3, 0.4) is 0 Å². The SMILES string of the molecule is CCn1nncc1C(=O)C(C)C(N)c1ccccc1. The van der Waals surface area contributed by atoms with Gasteiger partial charge in [-0.1, -0.05) is 42.5 Å². The molecule has 2 unspecified atom stereocenters. The molecule has 2 N–H and O–H groups in total. The summed E-state index contributed by atoms with van der Waals surface area (Å²) in [6.07, 6.45) is 1.50. The minimum absolute atomic E-state index is 0.0248. The highest BCUT2D eigenvalue weighted by Crippen LogP contribution is 2.22. The largest absolute Gasteiger partial charge is 0.323 e. The molecule has 0 saturated carbocycles. The van der Waals surface area contributed by atoms with Gasteiger partial charge in [0.05, 0.1) is 6.20 Å². The zero-order valence-electron chi connectivity index (χ0n) is 11.2. The van der Waals surface area contributed by atoms with Crippen LogP contribution in [-0.4, -0.2) is 20.8 Å². The van der Waals surface area contributed by atoms with Gasteiger partial charge in [0, 0.05) is 18.5 Å².